The fourth-order valence-electron chi connectivity index (χ4n) is 2.15. The first kappa shape index (κ1) is 17.5. The van der Waals surface area contributed by atoms with E-state index in [0.717, 1.165) is 18.6 Å². The van der Waals surface area contributed by atoms with Gasteiger partial charge in [-0.25, -0.2) is 0 Å². The molecule has 0 radical (unpaired) electrons. The SMILES string of the molecule is CCCc1ccc(OCCC(NC(C)C)C(=O)OC)cc1. The van der Waals surface area contributed by atoms with E-state index >= 15 is 0 Å². The Morgan fingerprint density at radius 3 is 2.43 bits per heavy atom. The second kappa shape index (κ2) is 9.40. The summed E-state index contributed by atoms with van der Waals surface area (Å²) in [6.45, 7) is 6.65. The van der Waals surface area contributed by atoms with Crippen LogP contribution in [0.2, 0.25) is 0 Å². The van der Waals surface area contributed by atoms with E-state index < -0.39 is 0 Å². The molecular formula is C17H27NO3. The summed E-state index contributed by atoms with van der Waals surface area (Å²) in [5.74, 6) is 0.591. The molecule has 4 heteroatoms. The number of rotatable bonds is 9. The average Bonchev–Trinajstić information content (AvgIpc) is 2.47. The molecule has 0 saturated carbocycles. The Labute approximate surface area is 127 Å². The maximum atomic E-state index is 11.7. The zero-order chi connectivity index (χ0) is 15.7. The van der Waals surface area contributed by atoms with Crippen molar-refractivity contribution in [2.24, 2.45) is 0 Å². The van der Waals surface area contributed by atoms with Gasteiger partial charge in [-0.3, -0.25) is 4.79 Å². The molecule has 0 bridgehead atoms. The van der Waals surface area contributed by atoms with Crippen molar-refractivity contribution in [3.8, 4) is 5.75 Å². The first-order valence-corrected chi connectivity index (χ1v) is 7.62. The first-order valence-electron chi connectivity index (χ1n) is 7.62. The molecule has 1 aromatic rings. The summed E-state index contributed by atoms with van der Waals surface area (Å²) in [6.07, 6.45) is 2.81. The maximum absolute atomic E-state index is 11.7. The normalized spacial score (nSPS) is 12.2. The van der Waals surface area contributed by atoms with E-state index in [9.17, 15) is 4.79 Å². The number of hydrogen-bond acceptors (Lipinski definition) is 4. The highest BCUT2D eigenvalue weighted by molar-refractivity contribution is 5.75. The second-order valence-electron chi connectivity index (χ2n) is 5.43. The van der Waals surface area contributed by atoms with Gasteiger partial charge in [0.1, 0.15) is 11.8 Å². The Morgan fingerprint density at radius 2 is 1.90 bits per heavy atom. The molecule has 0 fully saturated rings. The summed E-state index contributed by atoms with van der Waals surface area (Å²) in [7, 11) is 1.41. The topological polar surface area (TPSA) is 47.6 Å². The molecule has 0 aliphatic heterocycles. The van der Waals surface area contributed by atoms with Gasteiger partial charge in [0.2, 0.25) is 0 Å². The van der Waals surface area contributed by atoms with Crippen LogP contribution in [0.25, 0.3) is 0 Å². The number of carbonyl (C=O) groups excluding carboxylic acids is 1. The zero-order valence-corrected chi connectivity index (χ0v) is 13.5. The molecule has 0 aromatic heterocycles. The highest BCUT2D eigenvalue weighted by Crippen LogP contribution is 2.14. The van der Waals surface area contributed by atoms with E-state index in [1.807, 2.05) is 26.0 Å². The third-order valence-corrected chi connectivity index (χ3v) is 3.16. The lowest BCUT2D eigenvalue weighted by Gasteiger charge is -2.19. The van der Waals surface area contributed by atoms with Gasteiger partial charge in [-0.05, 0) is 24.1 Å². The quantitative estimate of drug-likeness (QED) is 0.711. The molecule has 1 aromatic carbocycles. The van der Waals surface area contributed by atoms with Crippen LogP contribution in [0.5, 0.6) is 5.75 Å². The Balaban J connectivity index is 2.43. The lowest BCUT2D eigenvalue weighted by atomic mass is 10.1. The Kier molecular flexibility index (Phi) is 7.83. The van der Waals surface area contributed by atoms with Crippen LogP contribution in [-0.4, -0.2) is 31.8 Å². The van der Waals surface area contributed by atoms with Gasteiger partial charge in [0.05, 0.1) is 13.7 Å². The molecule has 1 rings (SSSR count). The molecule has 0 aliphatic carbocycles. The van der Waals surface area contributed by atoms with Crippen LogP contribution in [0.15, 0.2) is 24.3 Å². The molecular weight excluding hydrogens is 266 g/mol. The van der Waals surface area contributed by atoms with Gasteiger partial charge in [0.15, 0.2) is 0 Å². The van der Waals surface area contributed by atoms with Gasteiger partial charge in [-0.15, -0.1) is 0 Å². The number of hydrogen-bond donors (Lipinski definition) is 1. The molecule has 118 valence electrons. The highest BCUT2D eigenvalue weighted by Gasteiger charge is 2.19. The number of esters is 1. The summed E-state index contributed by atoms with van der Waals surface area (Å²) in [5, 5.41) is 3.19. The smallest absolute Gasteiger partial charge is 0.322 e. The van der Waals surface area contributed by atoms with E-state index in [1.54, 1.807) is 0 Å². The summed E-state index contributed by atoms with van der Waals surface area (Å²) >= 11 is 0. The van der Waals surface area contributed by atoms with Crippen molar-refractivity contribution in [3.63, 3.8) is 0 Å². The fourth-order valence-corrected chi connectivity index (χ4v) is 2.15. The molecule has 4 nitrogen and oxygen atoms in total. The molecule has 0 aliphatic rings. The van der Waals surface area contributed by atoms with Crippen LogP contribution < -0.4 is 10.1 Å². The van der Waals surface area contributed by atoms with Gasteiger partial charge < -0.3 is 14.8 Å². The van der Waals surface area contributed by atoms with Crippen LogP contribution in [0.3, 0.4) is 0 Å². The highest BCUT2D eigenvalue weighted by atomic mass is 16.5. The lowest BCUT2D eigenvalue weighted by Crippen LogP contribution is -2.42. The first-order chi connectivity index (χ1) is 10.1. The average molecular weight is 293 g/mol. The van der Waals surface area contributed by atoms with Crippen LogP contribution in [0, 0.1) is 0 Å². The van der Waals surface area contributed by atoms with Crippen molar-refractivity contribution < 1.29 is 14.3 Å². The van der Waals surface area contributed by atoms with E-state index in [-0.39, 0.29) is 18.1 Å². The Morgan fingerprint density at radius 1 is 1.24 bits per heavy atom. The monoisotopic (exact) mass is 293 g/mol. The van der Waals surface area contributed by atoms with Crippen LogP contribution >= 0.6 is 0 Å². The zero-order valence-electron chi connectivity index (χ0n) is 13.5. The fraction of sp³-hybridized carbons (Fsp3) is 0.588. The van der Waals surface area contributed by atoms with E-state index in [4.69, 9.17) is 9.47 Å². The van der Waals surface area contributed by atoms with Gasteiger partial charge in [0, 0.05) is 12.5 Å². The van der Waals surface area contributed by atoms with Crippen molar-refractivity contribution in [2.45, 2.75) is 52.1 Å². The number of benzene rings is 1. The van der Waals surface area contributed by atoms with Gasteiger partial charge in [0.25, 0.3) is 0 Å². The maximum Gasteiger partial charge on any atom is 0.322 e. The minimum atomic E-state index is -0.325. The Hall–Kier alpha value is -1.55. The van der Waals surface area contributed by atoms with Gasteiger partial charge in [-0.2, -0.15) is 0 Å². The summed E-state index contributed by atoms with van der Waals surface area (Å²) in [5.41, 5.74) is 1.32. The minimum absolute atomic E-state index is 0.224. The lowest BCUT2D eigenvalue weighted by molar-refractivity contribution is -0.143. The second-order valence-corrected chi connectivity index (χ2v) is 5.43. The van der Waals surface area contributed by atoms with Crippen molar-refractivity contribution in [2.75, 3.05) is 13.7 Å². The van der Waals surface area contributed by atoms with E-state index in [2.05, 4.69) is 24.4 Å². The van der Waals surface area contributed by atoms with Crippen molar-refractivity contribution in [3.05, 3.63) is 29.8 Å². The number of aryl methyl sites for hydroxylation is 1. The molecule has 0 saturated heterocycles. The number of nitrogens with one attached hydrogen (secondary N) is 1. The van der Waals surface area contributed by atoms with Crippen molar-refractivity contribution in [1.82, 2.24) is 5.32 Å². The van der Waals surface area contributed by atoms with Crippen LogP contribution in [0.4, 0.5) is 0 Å². The third kappa shape index (κ3) is 6.63. The number of carbonyl (C=O) groups is 1. The summed E-state index contributed by atoms with van der Waals surface area (Å²) in [4.78, 5) is 11.7. The minimum Gasteiger partial charge on any atom is -0.494 e. The van der Waals surface area contributed by atoms with E-state index in [1.165, 1.54) is 12.7 Å². The molecule has 1 unspecified atom stereocenters. The molecule has 0 spiro atoms. The number of methoxy groups -OCH3 is 1. The molecule has 0 amide bonds. The van der Waals surface area contributed by atoms with Crippen molar-refractivity contribution >= 4 is 5.97 Å². The molecule has 21 heavy (non-hydrogen) atoms. The Bertz CT molecular complexity index is 415. The third-order valence-electron chi connectivity index (χ3n) is 3.16. The van der Waals surface area contributed by atoms with Gasteiger partial charge in [-0.1, -0.05) is 39.3 Å². The molecule has 1 N–H and O–H groups in total. The largest absolute Gasteiger partial charge is 0.494 e. The van der Waals surface area contributed by atoms with Gasteiger partial charge >= 0.3 is 5.97 Å². The van der Waals surface area contributed by atoms with Crippen molar-refractivity contribution in [1.29, 1.82) is 0 Å². The standard InChI is InChI=1S/C17H27NO3/c1-5-6-14-7-9-15(10-8-14)21-12-11-16(17(19)20-4)18-13(2)3/h7-10,13,16,18H,5-6,11-12H2,1-4H3. The predicted octanol–water partition coefficient (Wildman–Crippen LogP) is 2.95. The van der Waals surface area contributed by atoms with Crippen LogP contribution in [0.1, 0.15) is 39.2 Å². The molecule has 1 atom stereocenters. The predicted molar refractivity (Wildman–Crippen MR) is 84.6 cm³/mol. The molecule has 0 heterocycles. The van der Waals surface area contributed by atoms with E-state index in [0.29, 0.717) is 13.0 Å². The van der Waals surface area contributed by atoms with Crippen LogP contribution in [-0.2, 0) is 16.0 Å². The number of ether oxygens (including phenoxy) is 2. The summed E-state index contributed by atoms with van der Waals surface area (Å²) < 4.78 is 10.5. The summed E-state index contributed by atoms with van der Waals surface area (Å²) in [6, 6.07) is 8.03.